The summed E-state index contributed by atoms with van der Waals surface area (Å²) >= 11 is 0. The lowest BCUT2D eigenvalue weighted by molar-refractivity contribution is -0.115. The van der Waals surface area contributed by atoms with E-state index in [2.05, 4.69) is 15.5 Å². The Kier molecular flexibility index (Phi) is 6.27. The third-order valence-corrected chi connectivity index (χ3v) is 3.85. The first-order valence-corrected chi connectivity index (χ1v) is 8.58. The molecule has 0 bridgehead atoms. The summed E-state index contributed by atoms with van der Waals surface area (Å²) in [6.45, 7) is -0.0105. The number of carbonyl (C=O) groups is 1. The van der Waals surface area contributed by atoms with Crippen molar-refractivity contribution in [3.05, 3.63) is 59.7 Å². The highest BCUT2D eigenvalue weighted by atomic mass is 16.5. The first-order valence-electron chi connectivity index (χ1n) is 8.58. The van der Waals surface area contributed by atoms with Gasteiger partial charge in [0.25, 0.3) is 5.89 Å². The van der Waals surface area contributed by atoms with E-state index in [0.29, 0.717) is 28.5 Å². The van der Waals surface area contributed by atoms with Gasteiger partial charge >= 0.3 is 0 Å². The zero-order valence-electron chi connectivity index (χ0n) is 15.8. The van der Waals surface area contributed by atoms with E-state index < -0.39 is 0 Å². The van der Waals surface area contributed by atoms with Crippen LogP contribution in [-0.2, 0) is 17.8 Å². The van der Waals surface area contributed by atoms with Gasteiger partial charge < -0.3 is 24.1 Å². The van der Waals surface area contributed by atoms with Crippen LogP contribution in [0.2, 0.25) is 0 Å². The minimum atomic E-state index is -0.309. The lowest BCUT2D eigenvalue weighted by Gasteiger charge is -2.09. The van der Waals surface area contributed by atoms with Gasteiger partial charge in [0, 0.05) is 6.07 Å². The van der Waals surface area contributed by atoms with Crippen LogP contribution >= 0.6 is 0 Å². The zero-order chi connectivity index (χ0) is 20.6. The van der Waals surface area contributed by atoms with Gasteiger partial charge in [0.05, 0.1) is 38.0 Å². The van der Waals surface area contributed by atoms with E-state index in [1.807, 2.05) is 12.1 Å². The quantitative estimate of drug-likeness (QED) is 0.619. The number of hydrogen-bond acceptors (Lipinski definition) is 8. The van der Waals surface area contributed by atoms with Crippen molar-refractivity contribution in [1.82, 2.24) is 10.1 Å². The van der Waals surface area contributed by atoms with Crippen molar-refractivity contribution >= 4 is 11.6 Å². The number of rotatable bonds is 8. The second kappa shape index (κ2) is 9.23. The van der Waals surface area contributed by atoms with E-state index in [4.69, 9.17) is 24.0 Å². The van der Waals surface area contributed by atoms with Gasteiger partial charge in [0.15, 0.2) is 23.9 Å². The summed E-state index contributed by atoms with van der Waals surface area (Å²) in [6.07, 6.45) is -0.0677. The Bertz CT molecular complexity index is 1040. The van der Waals surface area contributed by atoms with E-state index in [1.165, 1.54) is 14.2 Å². The maximum Gasteiger partial charge on any atom is 0.264 e. The molecule has 148 valence electrons. The summed E-state index contributed by atoms with van der Waals surface area (Å²) < 4.78 is 21.1. The highest BCUT2D eigenvalue weighted by Gasteiger charge is 2.14. The van der Waals surface area contributed by atoms with Crippen molar-refractivity contribution in [2.24, 2.45) is 0 Å². The van der Waals surface area contributed by atoms with Crippen molar-refractivity contribution < 1.29 is 23.5 Å². The maximum atomic E-state index is 12.2. The summed E-state index contributed by atoms with van der Waals surface area (Å²) in [6, 6.07) is 13.9. The monoisotopic (exact) mass is 394 g/mol. The molecule has 9 heteroatoms. The van der Waals surface area contributed by atoms with Crippen LogP contribution in [0.4, 0.5) is 5.69 Å². The molecule has 3 aromatic rings. The number of benzene rings is 2. The Balaban J connectivity index is 1.58. The molecule has 0 atom stereocenters. The lowest BCUT2D eigenvalue weighted by atomic mass is 10.2. The molecule has 2 aromatic carbocycles. The molecule has 1 aromatic heterocycles. The fourth-order valence-corrected chi connectivity index (χ4v) is 2.50. The number of anilines is 1. The Morgan fingerprint density at radius 3 is 2.69 bits per heavy atom. The fourth-order valence-electron chi connectivity index (χ4n) is 2.50. The number of carbonyl (C=O) groups excluding carboxylic acids is 1. The van der Waals surface area contributed by atoms with Crippen molar-refractivity contribution in [3.8, 4) is 23.3 Å². The van der Waals surface area contributed by atoms with E-state index in [1.54, 1.807) is 36.4 Å². The molecule has 0 saturated carbocycles. The first-order chi connectivity index (χ1) is 14.1. The molecule has 9 nitrogen and oxygen atoms in total. The largest absolute Gasteiger partial charge is 0.495 e. The molecule has 1 heterocycles. The fraction of sp³-hybridized carbons (Fsp3) is 0.200. The van der Waals surface area contributed by atoms with Crippen LogP contribution in [0, 0.1) is 11.3 Å². The minimum absolute atomic E-state index is 0.0105. The average Bonchev–Trinajstić information content (AvgIpc) is 3.19. The van der Waals surface area contributed by atoms with Gasteiger partial charge in [-0.1, -0.05) is 17.3 Å². The third kappa shape index (κ3) is 5.01. The predicted molar refractivity (Wildman–Crippen MR) is 102 cm³/mol. The Labute approximate surface area is 166 Å². The van der Waals surface area contributed by atoms with E-state index in [0.717, 1.165) is 0 Å². The molecular weight excluding hydrogens is 376 g/mol. The number of aromatic nitrogens is 2. The minimum Gasteiger partial charge on any atom is -0.495 e. The van der Waals surface area contributed by atoms with Crippen LogP contribution in [0.1, 0.15) is 17.3 Å². The SMILES string of the molecule is COc1ccccc1NC(=O)Cc1noc(COc2ccc(C#N)cc2OC)n1. The van der Waals surface area contributed by atoms with Crippen molar-refractivity contribution in [2.45, 2.75) is 13.0 Å². The van der Waals surface area contributed by atoms with E-state index >= 15 is 0 Å². The molecule has 0 radical (unpaired) electrons. The van der Waals surface area contributed by atoms with Crippen molar-refractivity contribution in [2.75, 3.05) is 19.5 Å². The van der Waals surface area contributed by atoms with Crippen LogP contribution < -0.4 is 19.5 Å². The van der Waals surface area contributed by atoms with Gasteiger partial charge in [0.2, 0.25) is 5.91 Å². The zero-order valence-corrected chi connectivity index (χ0v) is 15.8. The van der Waals surface area contributed by atoms with Crippen LogP contribution in [0.25, 0.3) is 0 Å². The smallest absolute Gasteiger partial charge is 0.264 e. The second-order valence-electron chi connectivity index (χ2n) is 5.80. The number of hydrogen-bond donors (Lipinski definition) is 1. The molecule has 3 rings (SSSR count). The Hall–Kier alpha value is -4.06. The maximum absolute atomic E-state index is 12.2. The van der Waals surface area contributed by atoms with Crippen LogP contribution in [0.15, 0.2) is 47.0 Å². The first kappa shape index (κ1) is 19.7. The Morgan fingerprint density at radius 1 is 1.14 bits per heavy atom. The molecule has 0 aliphatic heterocycles. The van der Waals surface area contributed by atoms with Crippen LogP contribution in [-0.4, -0.2) is 30.3 Å². The molecule has 0 aliphatic carbocycles. The van der Waals surface area contributed by atoms with Gasteiger partial charge in [-0.3, -0.25) is 4.79 Å². The summed E-state index contributed by atoms with van der Waals surface area (Å²) in [7, 11) is 3.01. The number of nitrogens with zero attached hydrogens (tertiary/aromatic N) is 3. The molecule has 1 N–H and O–H groups in total. The number of nitrogens with one attached hydrogen (secondary N) is 1. The molecular formula is C20H18N4O5. The van der Waals surface area contributed by atoms with Crippen molar-refractivity contribution in [3.63, 3.8) is 0 Å². The Morgan fingerprint density at radius 2 is 1.93 bits per heavy atom. The summed E-state index contributed by atoms with van der Waals surface area (Å²) in [5.41, 5.74) is 1.01. The molecule has 0 unspecified atom stereocenters. The second-order valence-corrected chi connectivity index (χ2v) is 5.80. The average molecular weight is 394 g/mol. The number of methoxy groups -OCH3 is 2. The number of amides is 1. The summed E-state index contributed by atoms with van der Waals surface area (Å²) in [5, 5.41) is 15.5. The van der Waals surface area contributed by atoms with Gasteiger partial charge in [-0.15, -0.1) is 0 Å². The predicted octanol–water partition coefficient (Wildman–Crippen LogP) is 2.72. The van der Waals surface area contributed by atoms with E-state index in [-0.39, 0.29) is 30.7 Å². The van der Waals surface area contributed by atoms with Crippen molar-refractivity contribution in [1.29, 1.82) is 5.26 Å². The van der Waals surface area contributed by atoms with Gasteiger partial charge in [-0.05, 0) is 24.3 Å². The summed E-state index contributed by atoms with van der Waals surface area (Å²) in [4.78, 5) is 16.4. The lowest BCUT2D eigenvalue weighted by Crippen LogP contribution is -2.15. The van der Waals surface area contributed by atoms with Gasteiger partial charge in [-0.2, -0.15) is 10.2 Å². The molecule has 0 saturated heterocycles. The van der Waals surface area contributed by atoms with Crippen LogP contribution in [0.3, 0.4) is 0 Å². The number of ether oxygens (including phenoxy) is 3. The normalized spacial score (nSPS) is 10.1. The van der Waals surface area contributed by atoms with E-state index in [9.17, 15) is 4.79 Å². The third-order valence-electron chi connectivity index (χ3n) is 3.85. The van der Waals surface area contributed by atoms with Crippen LogP contribution in [0.5, 0.6) is 17.2 Å². The molecule has 1 amide bonds. The number of para-hydroxylation sites is 2. The highest BCUT2D eigenvalue weighted by Crippen LogP contribution is 2.28. The highest BCUT2D eigenvalue weighted by molar-refractivity contribution is 5.93. The molecule has 0 aliphatic rings. The number of nitriles is 1. The van der Waals surface area contributed by atoms with Gasteiger partial charge in [-0.25, -0.2) is 0 Å². The molecule has 29 heavy (non-hydrogen) atoms. The topological polar surface area (TPSA) is 120 Å². The summed E-state index contributed by atoms with van der Waals surface area (Å²) in [5.74, 6) is 1.52. The molecule has 0 spiro atoms. The van der Waals surface area contributed by atoms with Gasteiger partial charge in [0.1, 0.15) is 5.75 Å². The molecule has 0 fully saturated rings. The standard InChI is InChI=1S/C20H18N4O5/c1-26-15-6-4-3-5-14(15)22-19(25)10-18-23-20(29-24-18)12-28-16-8-7-13(11-21)9-17(16)27-2/h3-9H,10,12H2,1-2H3,(H,22,25).